The fourth-order valence-corrected chi connectivity index (χ4v) is 3.02. The van der Waals surface area contributed by atoms with Crippen molar-refractivity contribution in [3.8, 4) is 0 Å². The van der Waals surface area contributed by atoms with Crippen LogP contribution < -0.4 is 5.32 Å². The van der Waals surface area contributed by atoms with Crippen LogP contribution in [0.25, 0.3) is 10.9 Å². The van der Waals surface area contributed by atoms with Crippen molar-refractivity contribution in [1.29, 1.82) is 0 Å². The van der Waals surface area contributed by atoms with Crippen molar-refractivity contribution in [2.45, 2.75) is 25.8 Å². The molecule has 25 heavy (non-hydrogen) atoms. The Morgan fingerprint density at radius 2 is 2.12 bits per heavy atom. The first kappa shape index (κ1) is 17.2. The van der Waals surface area contributed by atoms with Gasteiger partial charge < -0.3 is 14.6 Å². The highest BCUT2D eigenvalue weighted by molar-refractivity contribution is 5.89. The Balaban J connectivity index is 1.60. The molecule has 6 heteroatoms. The first-order valence-corrected chi connectivity index (χ1v) is 8.52. The first-order chi connectivity index (χ1) is 12.2. The molecule has 0 fully saturated rings. The number of aryl methyl sites for hydroxylation is 2. The molecule has 0 spiro atoms. The number of hydrogen-bond donors (Lipinski definition) is 1. The van der Waals surface area contributed by atoms with Gasteiger partial charge in [0.1, 0.15) is 0 Å². The van der Waals surface area contributed by atoms with Gasteiger partial charge in [0, 0.05) is 56.5 Å². The van der Waals surface area contributed by atoms with E-state index in [1.54, 1.807) is 17.9 Å². The summed E-state index contributed by atoms with van der Waals surface area (Å²) in [6, 6.07) is 10.2. The van der Waals surface area contributed by atoms with Crippen molar-refractivity contribution in [2.24, 2.45) is 7.05 Å². The number of nitrogens with one attached hydrogen (secondary N) is 1. The number of nitrogens with zero attached hydrogens (tertiary/aromatic N) is 3. The van der Waals surface area contributed by atoms with E-state index >= 15 is 0 Å². The van der Waals surface area contributed by atoms with E-state index in [2.05, 4.69) is 45.4 Å². The van der Waals surface area contributed by atoms with E-state index in [1.807, 2.05) is 13.2 Å². The molecule has 0 saturated carbocycles. The van der Waals surface area contributed by atoms with Gasteiger partial charge in [-0.25, -0.2) is 0 Å². The first-order valence-electron chi connectivity index (χ1n) is 8.52. The Kier molecular flexibility index (Phi) is 5.50. The molecule has 0 radical (unpaired) electrons. The second kappa shape index (κ2) is 7.98. The molecule has 0 aliphatic rings. The summed E-state index contributed by atoms with van der Waals surface area (Å²) >= 11 is 0. The van der Waals surface area contributed by atoms with Crippen LogP contribution in [-0.4, -0.2) is 34.0 Å². The van der Waals surface area contributed by atoms with Gasteiger partial charge in [0.2, 0.25) is 5.91 Å². The van der Waals surface area contributed by atoms with Gasteiger partial charge >= 0.3 is 0 Å². The van der Waals surface area contributed by atoms with Gasteiger partial charge in [-0.15, -0.1) is 0 Å². The largest absolute Gasteiger partial charge is 0.383 e. The number of rotatable bonds is 8. The number of ether oxygens (including phenoxy) is 1. The summed E-state index contributed by atoms with van der Waals surface area (Å²) in [5, 5.41) is 8.24. The van der Waals surface area contributed by atoms with Gasteiger partial charge in [0.15, 0.2) is 5.82 Å². The maximum atomic E-state index is 12.0. The van der Waals surface area contributed by atoms with Crippen LogP contribution in [0.2, 0.25) is 0 Å². The number of hydrogen-bond acceptors (Lipinski definition) is 3. The average Bonchev–Trinajstić information content (AvgIpc) is 3.17. The lowest BCUT2D eigenvalue weighted by atomic mass is 10.1. The van der Waals surface area contributed by atoms with Crippen LogP contribution in [-0.2, 0) is 29.5 Å². The summed E-state index contributed by atoms with van der Waals surface area (Å²) in [5.41, 5.74) is 2.49. The summed E-state index contributed by atoms with van der Waals surface area (Å²) in [6.45, 7) is 1.52. The van der Waals surface area contributed by atoms with Crippen molar-refractivity contribution in [3.63, 3.8) is 0 Å². The van der Waals surface area contributed by atoms with E-state index in [1.165, 1.54) is 16.5 Å². The number of methoxy groups -OCH3 is 1. The van der Waals surface area contributed by atoms with Crippen LogP contribution >= 0.6 is 0 Å². The van der Waals surface area contributed by atoms with Gasteiger partial charge in [0.05, 0.1) is 6.61 Å². The molecule has 1 aromatic carbocycles. The zero-order valence-corrected chi connectivity index (χ0v) is 14.7. The molecule has 0 unspecified atom stereocenters. The second-order valence-corrected chi connectivity index (χ2v) is 6.13. The zero-order chi connectivity index (χ0) is 17.6. The lowest BCUT2D eigenvalue weighted by molar-refractivity contribution is -0.116. The lowest BCUT2D eigenvalue weighted by Crippen LogP contribution is -2.12. The van der Waals surface area contributed by atoms with Crippen molar-refractivity contribution in [1.82, 2.24) is 14.3 Å². The summed E-state index contributed by atoms with van der Waals surface area (Å²) in [5.74, 6) is 0.602. The minimum Gasteiger partial charge on any atom is -0.383 e. The van der Waals surface area contributed by atoms with Crippen molar-refractivity contribution in [2.75, 3.05) is 19.0 Å². The quantitative estimate of drug-likeness (QED) is 0.686. The smallest absolute Gasteiger partial charge is 0.225 e. The van der Waals surface area contributed by atoms with Crippen molar-refractivity contribution in [3.05, 3.63) is 48.3 Å². The number of para-hydroxylation sites is 1. The topological polar surface area (TPSA) is 61.1 Å². The molecule has 2 heterocycles. The van der Waals surface area contributed by atoms with E-state index in [4.69, 9.17) is 4.74 Å². The number of fused-ring (bicyclic) bond motifs is 1. The maximum Gasteiger partial charge on any atom is 0.225 e. The predicted molar refractivity (Wildman–Crippen MR) is 98.6 cm³/mol. The molecule has 1 N–H and O–H groups in total. The molecule has 2 aromatic heterocycles. The zero-order valence-electron chi connectivity index (χ0n) is 14.7. The van der Waals surface area contributed by atoms with E-state index in [-0.39, 0.29) is 5.91 Å². The molecule has 3 rings (SSSR count). The number of aromatic nitrogens is 3. The molecule has 0 aliphatic carbocycles. The molecular weight excluding hydrogens is 316 g/mol. The standard InChI is InChI=1S/C19H24N4O2/c1-22-11-10-18(21-22)20-19(24)9-5-6-15-14-23(12-13-25-2)17-8-4-3-7-16(15)17/h3-4,7-8,10-11,14H,5-6,9,12-13H2,1-2H3,(H,20,21,24). The Morgan fingerprint density at radius 1 is 1.28 bits per heavy atom. The van der Waals surface area contributed by atoms with E-state index in [0.717, 1.165) is 19.4 Å². The molecule has 1 amide bonds. The second-order valence-electron chi connectivity index (χ2n) is 6.13. The third-order valence-corrected chi connectivity index (χ3v) is 4.24. The predicted octanol–water partition coefficient (Wildman–Crippen LogP) is 2.98. The highest BCUT2D eigenvalue weighted by Crippen LogP contribution is 2.23. The van der Waals surface area contributed by atoms with E-state index in [9.17, 15) is 4.79 Å². The highest BCUT2D eigenvalue weighted by Gasteiger charge is 2.09. The fourth-order valence-electron chi connectivity index (χ4n) is 3.02. The molecule has 0 atom stereocenters. The lowest BCUT2D eigenvalue weighted by Gasteiger charge is -2.03. The third kappa shape index (κ3) is 4.28. The minimum atomic E-state index is 0.00169. The minimum absolute atomic E-state index is 0.00169. The number of amides is 1. The van der Waals surface area contributed by atoms with Gasteiger partial charge in [-0.3, -0.25) is 9.48 Å². The van der Waals surface area contributed by atoms with Crippen LogP contribution in [0.15, 0.2) is 42.7 Å². The van der Waals surface area contributed by atoms with Gasteiger partial charge in [-0.2, -0.15) is 5.10 Å². The number of benzene rings is 1. The van der Waals surface area contributed by atoms with Crippen LogP contribution in [0.3, 0.4) is 0 Å². The molecular formula is C19H24N4O2. The van der Waals surface area contributed by atoms with E-state index in [0.29, 0.717) is 18.8 Å². The SMILES string of the molecule is COCCn1cc(CCCC(=O)Nc2ccn(C)n2)c2ccccc21. The molecule has 132 valence electrons. The third-order valence-electron chi connectivity index (χ3n) is 4.24. The van der Waals surface area contributed by atoms with E-state index < -0.39 is 0 Å². The summed E-state index contributed by atoms with van der Waals surface area (Å²) < 4.78 is 9.09. The number of carbonyl (C=O) groups excluding carboxylic acids is 1. The van der Waals surface area contributed by atoms with Gasteiger partial charge in [0.25, 0.3) is 0 Å². The van der Waals surface area contributed by atoms with Crippen LogP contribution in [0.1, 0.15) is 18.4 Å². The number of carbonyl (C=O) groups is 1. The Bertz CT molecular complexity index is 850. The summed E-state index contributed by atoms with van der Waals surface area (Å²) in [7, 11) is 3.54. The van der Waals surface area contributed by atoms with Crippen molar-refractivity contribution >= 4 is 22.6 Å². The Morgan fingerprint density at radius 3 is 2.88 bits per heavy atom. The molecule has 0 saturated heterocycles. The number of anilines is 1. The molecule has 6 nitrogen and oxygen atoms in total. The summed E-state index contributed by atoms with van der Waals surface area (Å²) in [6.07, 6.45) is 6.14. The molecule has 0 aliphatic heterocycles. The van der Waals surface area contributed by atoms with Gasteiger partial charge in [-0.05, 0) is 24.5 Å². The monoisotopic (exact) mass is 340 g/mol. The molecule has 0 bridgehead atoms. The highest BCUT2D eigenvalue weighted by atomic mass is 16.5. The van der Waals surface area contributed by atoms with Gasteiger partial charge in [-0.1, -0.05) is 18.2 Å². The van der Waals surface area contributed by atoms with Crippen LogP contribution in [0.4, 0.5) is 5.82 Å². The maximum absolute atomic E-state index is 12.0. The fraction of sp³-hybridized carbons (Fsp3) is 0.368. The Hall–Kier alpha value is -2.60. The van der Waals surface area contributed by atoms with Crippen LogP contribution in [0.5, 0.6) is 0 Å². The molecule has 3 aromatic rings. The Labute approximate surface area is 147 Å². The van der Waals surface area contributed by atoms with Crippen molar-refractivity contribution < 1.29 is 9.53 Å². The average molecular weight is 340 g/mol. The van der Waals surface area contributed by atoms with Crippen LogP contribution in [0, 0.1) is 0 Å². The normalized spacial score (nSPS) is 11.1. The summed E-state index contributed by atoms with van der Waals surface area (Å²) in [4.78, 5) is 12.0.